The van der Waals surface area contributed by atoms with Crippen LogP contribution < -0.4 is 19.5 Å². The average molecular weight is 465 g/mol. The second-order valence-electron chi connectivity index (χ2n) is 7.19. The van der Waals surface area contributed by atoms with Crippen molar-refractivity contribution in [3.8, 4) is 17.2 Å². The summed E-state index contributed by atoms with van der Waals surface area (Å²) in [7, 11) is 0.646. The lowest BCUT2D eigenvalue weighted by atomic mass is 10.1. The van der Waals surface area contributed by atoms with Crippen LogP contribution in [0.5, 0.6) is 17.2 Å². The number of sulfonamides is 1. The van der Waals surface area contributed by atoms with Crippen molar-refractivity contribution in [3.63, 3.8) is 0 Å². The van der Waals surface area contributed by atoms with Gasteiger partial charge in [-0.3, -0.25) is 4.79 Å². The van der Waals surface area contributed by atoms with E-state index in [1.807, 2.05) is 13.0 Å². The molecule has 3 rings (SSSR count). The molecule has 0 spiro atoms. The Labute approximate surface area is 188 Å². The normalized spacial score (nSPS) is 15.6. The summed E-state index contributed by atoms with van der Waals surface area (Å²) in [4.78, 5) is 12.9. The zero-order valence-corrected chi connectivity index (χ0v) is 19.4. The van der Waals surface area contributed by atoms with Crippen LogP contribution in [0.15, 0.2) is 41.3 Å². The molecule has 0 aromatic heterocycles. The fourth-order valence-electron chi connectivity index (χ4n) is 3.43. The van der Waals surface area contributed by atoms with Crippen LogP contribution in [-0.2, 0) is 14.8 Å². The van der Waals surface area contributed by atoms with Gasteiger partial charge in [0.1, 0.15) is 10.6 Å². The van der Waals surface area contributed by atoms with E-state index in [0.717, 1.165) is 5.56 Å². The number of hydrogen-bond donors (Lipinski definition) is 1. The minimum absolute atomic E-state index is 0.0479. The smallest absolute Gasteiger partial charge is 0.251 e. The number of ether oxygens (including phenoxy) is 4. The first-order chi connectivity index (χ1) is 15.3. The molecule has 1 fully saturated rings. The van der Waals surface area contributed by atoms with Gasteiger partial charge in [0.2, 0.25) is 10.0 Å². The predicted molar refractivity (Wildman–Crippen MR) is 118 cm³/mol. The van der Waals surface area contributed by atoms with Crippen molar-refractivity contribution in [2.45, 2.75) is 17.9 Å². The summed E-state index contributed by atoms with van der Waals surface area (Å²) < 4.78 is 48.7. The van der Waals surface area contributed by atoms with Crippen molar-refractivity contribution < 1.29 is 32.2 Å². The number of morpholine rings is 1. The van der Waals surface area contributed by atoms with Crippen LogP contribution in [0.1, 0.15) is 28.9 Å². The summed E-state index contributed by atoms with van der Waals surface area (Å²) in [6.07, 6.45) is 0. The number of methoxy groups -OCH3 is 3. The largest absolute Gasteiger partial charge is 0.495 e. The molecule has 1 heterocycles. The molecule has 0 bridgehead atoms. The first-order valence-corrected chi connectivity index (χ1v) is 11.5. The molecule has 0 unspecified atom stereocenters. The third kappa shape index (κ3) is 4.98. The highest BCUT2D eigenvalue weighted by Crippen LogP contribution is 2.31. The van der Waals surface area contributed by atoms with Crippen LogP contribution in [-0.4, -0.2) is 66.3 Å². The number of carbonyl (C=O) groups excluding carboxylic acids is 1. The second-order valence-corrected chi connectivity index (χ2v) is 9.10. The van der Waals surface area contributed by atoms with Gasteiger partial charge in [0.25, 0.3) is 5.91 Å². The Hall–Kier alpha value is -2.82. The lowest BCUT2D eigenvalue weighted by molar-refractivity contribution is 0.0729. The van der Waals surface area contributed by atoms with Gasteiger partial charge in [0.15, 0.2) is 11.5 Å². The van der Waals surface area contributed by atoms with Crippen LogP contribution in [0.3, 0.4) is 0 Å². The van der Waals surface area contributed by atoms with Crippen molar-refractivity contribution >= 4 is 15.9 Å². The standard InChI is InChI=1S/C22H28N2O7S/c1-15(16-5-7-18(28-2)20(13-16)30-4)23-22(25)17-6-8-19(29-3)21(14-17)32(26,27)24-9-11-31-12-10-24/h5-8,13-15H,9-12H2,1-4H3,(H,23,25)/t15-/m0/s1. The third-order valence-corrected chi connectivity index (χ3v) is 7.19. The Bertz CT molecular complexity index is 1070. The molecule has 0 radical (unpaired) electrons. The summed E-state index contributed by atoms with van der Waals surface area (Å²) in [6.45, 7) is 2.97. The molecule has 2 aromatic carbocycles. The number of carbonyl (C=O) groups is 1. The molecule has 1 aliphatic rings. The lowest BCUT2D eigenvalue weighted by Gasteiger charge is -2.26. The molecular weight excluding hydrogens is 436 g/mol. The maximum absolute atomic E-state index is 13.1. The van der Waals surface area contributed by atoms with Crippen molar-refractivity contribution in [2.24, 2.45) is 0 Å². The Morgan fingerprint density at radius 2 is 1.59 bits per heavy atom. The predicted octanol–water partition coefficient (Wildman–Crippen LogP) is 2.22. The molecule has 174 valence electrons. The van der Waals surface area contributed by atoms with Crippen LogP contribution in [0.25, 0.3) is 0 Å². The third-order valence-electron chi connectivity index (χ3n) is 5.27. The Kier molecular flexibility index (Phi) is 7.60. The van der Waals surface area contributed by atoms with Gasteiger partial charge in [-0.05, 0) is 42.8 Å². The zero-order valence-electron chi connectivity index (χ0n) is 18.6. The molecule has 1 atom stereocenters. The van der Waals surface area contributed by atoms with E-state index in [-0.39, 0.29) is 35.3 Å². The first-order valence-electron chi connectivity index (χ1n) is 10.1. The molecule has 1 amide bonds. The highest BCUT2D eigenvalue weighted by molar-refractivity contribution is 7.89. The van der Waals surface area contributed by atoms with E-state index in [1.54, 1.807) is 26.4 Å². The minimum Gasteiger partial charge on any atom is -0.495 e. The maximum atomic E-state index is 13.1. The Morgan fingerprint density at radius 3 is 2.22 bits per heavy atom. The monoisotopic (exact) mass is 464 g/mol. The lowest BCUT2D eigenvalue weighted by Crippen LogP contribution is -2.40. The summed E-state index contributed by atoms with van der Waals surface area (Å²) in [5.74, 6) is 0.909. The molecule has 2 aromatic rings. The fourth-order valence-corrected chi connectivity index (χ4v) is 5.02. The molecule has 0 saturated carbocycles. The van der Waals surface area contributed by atoms with E-state index in [2.05, 4.69) is 5.32 Å². The summed E-state index contributed by atoms with van der Waals surface area (Å²) in [5, 5.41) is 2.89. The van der Waals surface area contributed by atoms with E-state index in [0.29, 0.717) is 24.7 Å². The van der Waals surface area contributed by atoms with E-state index in [9.17, 15) is 13.2 Å². The second kappa shape index (κ2) is 10.2. The fraction of sp³-hybridized carbons (Fsp3) is 0.409. The van der Waals surface area contributed by atoms with Crippen LogP contribution >= 0.6 is 0 Å². The van der Waals surface area contributed by atoms with E-state index < -0.39 is 15.9 Å². The molecular formula is C22H28N2O7S. The molecule has 0 aliphatic carbocycles. The number of hydrogen-bond acceptors (Lipinski definition) is 7. The first kappa shape index (κ1) is 23.8. The maximum Gasteiger partial charge on any atom is 0.251 e. The van der Waals surface area contributed by atoms with Gasteiger partial charge in [-0.1, -0.05) is 6.07 Å². The van der Waals surface area contributed by atoms with Crippen LogP contribution in [0.4, 0.5) is 0 Å². The average Bonchev–Trinajstić information content (AvgIpc) is 2.83. The Morgan fingerprint density at radius 1 is 0.969 bits per heavy atom. The van der Waals surface area contributed by atoms with Gasteiger partial charge < -0.3 is 24.3 Å². The number of amides is 1. The molecule has 32 heavy (non-hydrogen) atoms. The molecule has 10 heteroatoms. The quantitative estimate of drug-likeness (QED) is 0.639. The Balaban J connectivity index is 1.85. The van der Waals surface area contributed by atoms with E-state index >= 15 is 0 Å². The molecule has 9 nitrogen and oxygen atoms in total. The van der Waals surface area contributed by atoms with Gasteiger partial charge in [-0.2, -0.15) is 4.31 Å². The van der Waals surface area contributed by atoms with Gasteiger partial charge in [0, 0.05) is 18.7 Å². The van der Waals surface area contributed by atoms with Gasteiger partial charge in [0.05, 0.1) is 40.6 Å². The summed E-state index contributed by atoms with van der Waals surface area (Å²) >= 11 is 0. The SMILES string of the molecule is COc1ccc([C@H](C)NC(=O)c2ccc(OC)c(S(=O)(=O)N3CCOCC3)c2)cc1OC. The van der Waals surface area contributed by atoms with Gasteiger partial charge >= 0.3 is 0 Å². The van der Waals surface area contributed by atoms with Crippen molar-refractivity contribution in [2.75, 3.05) is 47.6 Å². The van der Waals surface area contributed by atoms with Gasteiger partial charge in [-0.15, -0.1) is 0 Å². The minimum atomic E-state index is -3.84. The highest BCUT2D eigenvalue weighted by atomic mass is 32.2. The molecule has 1 aliphatic heterocycles. The number of rotatable bonds is 8. The topological polar surface area (TPSA) is 103 Å². The number of nitrogens with zero attached hydrogens (tertiary/aromatic N) is 1. The number of benzene rings is 2. The summed E-state index contributed by atoms with van der Waals surface area (Å²) in [6, 6.07) is 9.39. The number of nitrogens with one attached hydrogen (secondary N) is 1. The van der Waals surface area contributed by atoms with Crippen molar-refractivity contribution in [1.29, 1.82) is 0 Å². The molecule has 1 saturated heterocycles. The van der Waals surface area contributed by atoms with Gasteiger partial charge in [-0.25, -0.2) is 8.42 Å². The van der Waals surface area contributed by atoms with Crippen molar-refractivity contribution in [3.05, 3.63) is 47.5 Å². The van der Waals surface area contributed by atoms with E-state index in [4.69, 9.17) is 18.9 Å². The van der Waals surface area contributed by atoms with Crippen LogP contribution in [0.2, 0.25) is 0 Å². The van der Waals surface area contributed by atoms with E-state index in [1.165, 1.54) is 29.6 Å². The van der Waals surface area contributed by atoms with Crippen molar-refractivity contribution in [1.82, 2.24) is 9.62 Å². The summed E-state index contributed by atoms with van der Waals surface area (Å²) in [5.41, 5.74) is 1.02. The zero-order chi connectivity index (χ0) is 23.3. The molecule has 1 N–H and O–H groups in total. The highest BCUT2D eigenvalue weighted by Gasteiger charge is 2.30. The van der Waals surface area contributed by atoms with Crippen LogP contribution in [0, 0.1) is 0 Å².